The summed E-state index contributed by atoms with van der Waals surface area (Å²) in [6.07, 6.45) is 1.65. The molecule has 2 fully saturated rings. The summed E-state index contributed by atoms with van der Waals surface area (Å²) in [5.41, 5.74) is 0.504. The van der Waals surface area contributed by atoms with Gasteiger partial charge in [-0.05, 0) is 31.0 Å². The number of carbonyl (C=O) groups excluding carboxylic acids is 2. The van der Waals surface area contributed by atoms with Crippen LogP contribution in [-0.4, -0.2) is 61.0 Å². The number of ether oxygens (including phenoxy) is 1. The lowest BCUT2D eigenvalue weighted by molar-refractivity contribution is -0.141. The van der Waals surface area contributed by atoms with Crippen molar-refractivity contribution >= 4 is 35.0 Å². The summed E-state index contributed by atoms with van der Waals surface area (Å²) in [5.74, 6) is -0.110. The van der Waals surface area contributed by atoms with Gasteiger partial charge in [-0.3, -0.25) is 9.59 Å². The van der Waals surface area contributed by atoms with Gasteiger partial charge in [0.05, 0.1) is 29.2 Å². The fourth-order valence-corrected chi connectivity index (χ4v) is 3.51. The molecule has 2 amide bonds. The van der Waals surface area contributed by atoms with Gasteiger partial charge in [-0.1, -0.05) is 23.2 Å². The molecule has 1 aromatic carbocycles. The molecule has 0 aliphatic carbocycles. The third-order valence-corrected chi connectivity index (χ3v) is 5.29. The number of rotatable bonds is 2. The highest BCUT2D eigenvalue weighted by Gasteiger charge is 2.32. The molecule has 0 radical (unpaired) electrons. The third-order valence-electron chi connectivity index (χ3n) is 4.55. The molecule has 0 saturated carbocycles. The number of hydrogen-bond donors (Lipinski definition) is 0. The van der Waals surface area contributed by atoms with Crippen molar-refractivity contribution in [1.29, 1.82) is 0 Å². The first-order chi connectivity index (χ1) is 11.6. The molecule has 5 nitrogen and oxygen atoms in total. The Bertz CT molecular complexity index is 632. The second kappa shape index (κ2) is 7.72. The Morgan fingerprint density at radius 2 is 1.79 bits per heavy atom. The number of likely N-dealkylation sites (tertiary alicyclic amines) is 1. The van der Waals surface area contributed by atoms with Gasteiger partial charge in [0, 0.05) is 31.7 Å². The van der Waals surface area contributed by atoms with Gasteiger partial charge in [-0.25, -0.2) is 0 Å². The summed E-state index contributed by atoms with van der Waals surface area (Å²) in [7, 11) is 0. The van der Waals surface area contributed by atoms with Crippen LogP contribution < -0.4 is 0 Å². The number of piperidine rings is 1. The molecular formula is C17H20Cl2N2O3. The van der Waals surface area contributed by atoms with Crippen molar-refractivity contribution in [3.8, 4) is 0 Å². The van der Waals surface area contributed by atoms with Crippen LogP contribution >= 0.6 is 23.2 Å². The van der Waals surface area contributed by atoms with Crippen LogP contribution in [0.2, 0.25) is 10.0 Å². The molecule has 3 rings (SSSR count). The Kier molecular flexibility index (Phi) is 5.64. The van der Waals surface area contributed by atoms with Crippen molar-refractivity contribution < 1.29 is 14.3 Å². The molecule has 2 aliphatic heterocycles. The molecule has 7 heteroatoms. The van der Waals surface area contributed by atoms with E-state index in [1.165, 1.54) is 0 Å². The van der Waals surface area contributed by atoms with Crippen LogP contribution in [0.15, 0.2) is 18.2 Å². The maximum atomic E-state index is 12.7. The molecule has 0 N–H and O–H groups in total. The van der Waals surface area contributed by atoms with Gasteiger partial charge in [-0.2, -0.15) is 0 Å². The Hall–Kier alpha value is -1.30. The van der Waals surface area contributed by atoms with E-state index in [1.54, 1.807) is 23.1 Å². The topological polar surface area (TPSA) is 49.9 Å². The first-order valence-electron chi connectivity index (χ1n) is 8.17. The highest BCUT2D eigenvalue weighted by molar-refractivity contribution is 6.42. The van der Waals surface area contributed by atoms with E-state index in [2.05, 4.69) is 0 Å². The first-order valence-corrected chi connectivity index (χ1v) is 8.92. The van der Waals surface area contributed by atoms with E-state index in [4.69, 9.17) is 27.9 Å². The number of morpholine rings is 1. The number of benzene rings is 1. The molecule has 1 unspecified atom stereocenters. The van der Waals surface area contributed by atoms with Gasteiger partial charge in [-0.15, -0.1) is 0 Å². The Labute approximate surface area is 151 Å². The van der Waals surface area contributed by atoms with Crippen LogP contribution in [0, 0.1) is 5.92 Å². The monoisotopic (exact) mass is 370 g/mol. The summed E-state index contributed by atoms with van der Waals surface area (Å²) in [5, 5.41) is 0.785. The van der Waals surface area contributed by atoms with E-state index in [0.29, 0.717) is 55.0 Å². The SMILES string of the molecule is O=C(c1ccc(Cl)c(Cl)c1)N1CCCC(C(=O)N2CCOCC2)C1. The number of amides is 2. The quantitative estimate of drug-likeness (QED) is 0.803. The molecule has 1 aromatic rings. The lowest BCUT2D eigenvalue weighted by Crippen LogP contribution is -2.49. The Morgan fingerprint density at radius 1 is 1.04 bits per heavy atom. The minimum absolute atomic E-state index is 0.104. The molecule has 0 spiro atoms. The zero-order valence-electron chi connectivity index (χ0n) is 13.3. The largest absolute Gasteiger partial charge is 0.378 e. The van der Waals surface area contributed by atoms with Crippen LogP contribution in [-0.2, 0) is 9.53 Å². The van der Waals surface area contributed by atoms with Crippen LogP contribution in [0.25, 0.3) is 0 Å². The van der Waals surface area contributed by atoms with Gasteiger partial charge < -0.3 is 14.5 Å². The molecule has 2 saturated heterocycles. The molecule has 0 aromatic heterocycles. The third kappa shape index (κ3) is 3.85. The second-order valence-electron chi connectivity index (χ2n) is 6.16. The average molecular weight is 371 g/mol. The number of carbonyl (C=O) groups is 2. The Balaban J connectivity index is 1.67. The average Bonchev–Trinajstić information content (AvgIpc) is 2.63. The van der Waals surface area contributed by atoms with Crippen LogP contribution in [0.3, 0.4) is 0 Å². The standard InChI is InChI=1S/C17H20Cl2N2O3/c18-14-4-3-12(10-15(14)19)16(22)21-5-1-2-13(11-21)17(23)20-6-8-24-9-7-20/h3-4,10,13H,1-2,5-9,11H2. The van der Waals surface area contributed by atoms with Crippen LogP contribution in [0.1, 0.15) is 23.2 Å². The van der Waals surface area contributed by atoms with Crippen molar-refractivity contribution in [2.24, 2.45) is 5.92 Å². The summed E-state index contributed by atoms with van der Waals surface area (Å²) in [6, 6.07) is 4.88. The fourth-order valence-electron chi connectivity index (χ4n) is 3.22. The molecule has 2 aliphatic rings. The fraction of sp³-hybridized carbons (Fsp3) is 0.529. The van der Waals surface area contributed by atoms with Crippen molar-refractivity contribution in [3.05, 3.63) is 33.8 Å². The highest BCUT2D eigenvalue weighted by atomic mass is 35.5. The lowest BCUT2D eigenvalue weighted by Gasteiger charge is -2.36. The number of halogens is 2. The van der Waals surface area contributed by atoms with Gasteiger partial charge in [0.15, 0.2) is 0 Å². The summed E-state index contributed by atoms with van der Waals surface area (Å²) in [6.45, 7) is 3.56. The Morgan fingerprint density at radius 3 is 2.50 bits per heavy atom. The zero-order valence-corrected chi connectivity index (χ0v) is 14.9. The molecule has 1 atom stereocenters. The van der Waals surface area contributed by atoms with E-state index in [0.717, 1.165) is 12.8 Å². The maximum absolute atomic E-state index is 12.7. The van der Waals surface area contributed by atoms with Gasteiger partial charge in [0.1, 0.15) is 0 Å². The molecule has 0 bridgehead atoms. The van der Waals surface area contributed by atoms with Gasteiger partial charge in [0.25, 0.3) is 5.91 Å². The van der Waals surface area contributed by atoms with Gasteiger partial charge in [0.2, 0.25) is 5.91 Å². The molecule has 2 heterocycles. The molecular weight excluding hydrogens is 351 g/mol. The highest BCUT2D eigenvalue weighted by Crippen LogP contribution is 2.25. The van der Waals surface area contributed by atoms with E-state index >= 15 is 0 Å². The van der Waals surface area contributed by atoms with Crippen LogP contribution in [0.5, 0.6) is 0 Å². The zero-order chi connectivity index (χ0) is 17.1. The van der Waals surface area contributed by atoms with E-state index in [1.807, 2.05) is 4.90 Å². The smallest absolute Gasteiger partial charge is 0.253 e. The predicted octanol–water partition coefficient (Wildman–Crippen LogP) is 2.70. The van der Waals surface area contributed by atoms with Crippen molar-refractivity contribution in [1.82, 2.24) is 9.80 Å². The summed E-state index contributed by atoms with van der Waals surface area (Å²) in [4.78, 5) is 28.9. The van der Waals surface area contributed by atoms with Gasteiger partial charge >= 0.3 is 0 Å². The maximum Gasteiger partial charge on any atom is 0.253 e. The second-order valence-corrected chi connectivity index (χ2v) is 6.97. The van der Waals surface area contributed by atoms with Crippen LogP contribution in [0.4, 0.5) is 0 Å². The van der Waals surface area contributed by atoms with E-state index in [9.17, 15) is 9.59 Å². The predicted molar refractivity (Wildman–Crippen MR) is 92.5 cm³/mol. The van der Waals surface area contributed by atoms with E-state index < -0.39 is 0 Å². The lowest BCUT2D eigenvalue weighted by atomic mass is 9.95. The summed E-state index contributed by atoms with van der Waals surface area (Å²) < 4.78 is 5.29. The van der Waals surface area contributed by atoms with Crippen molar-refractivity contribution in [2.45, 2.75) is 12.8 Å². The minimum atomic E-state index is -0.136. The summed E-state index contributed by atoms with van der Waals surface area (Å²) >= 11 is 11.9. The number of hydrogen-bond acceptors (Lipinski definition) is 3. The van der Waals surface area contributed by atoms with E-state index in [-0.39, 0.29) is 17.7 Å². The first kappa shape index (κ1) is 17.5. The van der Waals surface area contributed by atoms with Crippen molar-refractivity contribution in [2.75, 3.05) is 39.4 Å². The number of nitrogens with zero attached hydrogens (tertiary/aromatic N) is 2. The molecule has 24 heavy (non-hydrogen) atoms. The molecule has 130 valence electrons. The normalized spacial score (nSPS) is 21.7. The van der Waals surface area contributed by atoms with Crippen molar-refractivity contribution in [3.63, 3.8) is 0 Å². The minimum Gasteiger partial charge on any atom is -0.378 e.